The van der Waals surface area contributed by atoms with Crippen LogP contribution in [0.5, 0.6) is 0 Å². The molecule has 0 aromatic rings. The minimum atomic E-state index is -0.599. The normalized spacial score (nSPS) is 27.5. The first-order valence-electron chi connectivity index (χ1n) is 4.33. The molecule has 0 bridgehead atoms. The van der Waals surface area contributed by atoms with Crippen molar-refractivity contribution in [2.24, 2.45) is 0 Å². The van der Waals surface area contributed by atoms with Gasteiger partial charge in [-0.15, -0.1) is 6.58 Å². The molecule has 68 valence electrons. The SMILES string of the molecule is C=CCC1(CCCC)C(=O)N1O. The van der Waals surface area contributed by atoms with E-state index in [1.165, 1.54) is 0 Å². The van der Waals surface area contributed by atoms with Crippen LogP contribution in [0, 0.1) is 0 Å². The topological polar surface area (TPSA) is 40.3 Å². The average Bonchev–Trinajstić information content (AvgIpc) is 2.56. The number of hydrogen-bond donors (Lipinski definition) is 1. The summed E-state index contributed by atoms with van der Waals surface area (Å²) in [5, 5.41) is 9.98. The predicted molar refractivity (Wildman–Crippen MR) is 45.7 cm³/mol. The maximum absolute atomic E-state index is 11.1. The van der Waals surface area contributed by atoms with Crippen molar-refractivity contribution in [3.8, 4) is 0 Å². The van der Waals surface area contributed by atoms with Crippen molar-refractivity contribution in [1.82, 2.24) is 5.06 Å². The zero-order valence-electron chi connectivity index (χ0n) is 7.42. The van der Waals surface area contributed by atoms with Crippen LogP contribution in [-0.2, 0) is 4.79 Å². The predicted octanol–water partition coefficient (Wildman–Crippen LogP) is 1.72. The van der Waals surface area contributed by atoms with E-state index in [0.29, 0.717) is 6.42 Å². The maximum Gasteiger partial charge on any atom is 0.275 e. The molecule has 0 radical (unpaired) electrons. The maximum atomic E-state index is 11.1. The highest BCUT2D eigenvalue weighted by atomic mass is 16.5. The van der Waals surface area contributed by atoms with Crippen LogP contribution in [0.1, 0.15) is 32.6 Å². The molecule has 1 N–H and O–H groups in total. The van der Waals surface area contributed by atoms with E-state index in [2.05, 4.69) is 13.5 Å². The summed E-state index contributed by atoms with van der Waals surface area (Å²) in [6, 6.07) is 0. The van der Waals surface area contributed by atoms with Gasteiger partial charge in [-0.05, 0) is 12.8 Å². The number of amides is 1. The molecule has 1 rings (SSSR count). The Kier molecular flexibility index (Phi) is 2.52. The Bertz CT molecular complexity index is 203. The quantitative estimate of drug-likeness (QED) is 0.387. The van der Waals surface area contributed by atoms with Crippen LogP contribution in [0.2, 0.25) is 0 Å². The summed E-state index contributed by atoms with van der Waals surface area (Å²) < 4.78 is 0. The fraction of sp³-hybridized carbons (Fsp3) is 0.667. The second-order valence-electron chi connectivity index (χ2n) is 3.24. The molecule has 0 saturated carbocycles. The van der Waals surface area contributed by atoms with Crippen LogP contribution in [0.15, 0.2) is 12.7 Å². The van der Waals surface area contributed by atoms with Gasteiger partial charge < -0.3 is 0 Å². The van der Waals surface area contributed by atoms with Crippen LogP contribution in [0.4, 0.5) is 0 Å². The summed E-state index contributed by atoms with van der Waals surface area (Å²) in [5.74, 6) is -0.157. The minimum absolute atomic E-state index is 0.157. The third-order valence-electron chi connectivity index (χ3n) is 2.37. The molecular formula is C9H15NO2. The third-order valence-corrected chi connectivity index (χ3v) is 2.37. The van der Waals surface area contributed by atoms with Gasteiger partial charge in [0.1, 0.15) is 0 Å². The number of rotatable bonds is 5. The number of carbonyl (C=O) groups excluding carboxylic acids is 1. The number of hydrogen-bond acceptors (Lipinski definition) is 2. The average molecular weight is 169 g/mol. The van der Waals surface area contributed by atoms with Crippen molar-refractivity contribution in [2.45, 2.75) is 38.1 Å². The Morgan fingerprint density at radius 3 is 2.67 bits per heavy atom. The molecule has 3 heteroatoms. The van der Waals surface area contributed by atoms with Gasteiger partial charge in [0, 0.05) is 0 Å². The van der Waals surface area contributed by atoms with Crippen molar-refractivity contribution < 1.29 is 10.0 Å². The van der Waals surface area contributed by atoms with E-state index in [9.17, 15) is 4.79 Å². The van der Waals surface area contributed by atoms with E-state index in [0.717, 1.165) is 24.3 Å². The zero-order valence-corrected chi connectivity index (χ0v) is 7.42. The van der Waals surface area contributed by atoms with E-state index in [-0.39, 0.29) is 5.91 Å². The number of carbonyl (C=O) groups is 1. The highest BCUT2D eigenvalue weighted by molar-refractivity contribution is 6.00. The lowest BCUT2D eigenvalue weighted by Gasteiger charge is -2.07. The first-order chi connectivity index (χ1) is 5.69. The molecule has 1 atom stereocenters. The van der Waals surface area contributed by atoms with Crippen molar-refractivity contribution in [3.05, 3.63) is 12.7 Å². The molecule has 3 nitrogen and oxygen atoms in total. The first kappa shape index (κ1) is 9.26. The highest BCUT2D eigenvalue weighted by Gasteiger charge is 2.61. The smallest absolute Gasteiger partial charge is 0.275 e. The fourth-order valence-corrected chi connectivity index (χ4v) is 1.48. The van der Waals surface area contributed by atoms with Crippen molar-refractivity contribution in [2.75, 3.05) is 0 Å². The summed E-state index contributed by atoms with van der Waals surface area (Å²) >= 11 is 0. The lowest BCUT2D eigenvalue weighted by atomic mass is 9.98. The monoisotopic (exact) mass is 169 g/mol. The fourth-order valence-electron chi connectivity index (χ4n) is 1.48. The summed E-state index contributed by atoms with van der Waals surface area (Å²) in [5.41, 5.74) is -0.599. The zero-order chi connectivity index (χ0) is 9.19. The van der Waals surface area contributed by atoms with Gasteiger partial charge in [0.2, 0.25) is 0 Å². The second-order valence-corrected chi connectivity index (χ2v) is 3.24. The van der Waals surface area contributed by atoms with Gasteiger partial charge in [-0.3, -0.25) is 10.0 Å². The molecule has 1 aliphatic heterocycles. The van der Waals surface area contributed by atoms with E-state index >= 15 is 0 Å². The number of unbranched alkanes of at least 4 members (excludes halogenated alkanes) is 1. The Hall–Kier alpha value is -0.830. The van der Waals surface area contributed by atoms with Crippen LogP contribution in [0.25, 0.3) is 0 Å². The van der Waals surface area contributed by atoms with E-state index in [1.807, 2.05) is 0 Å². The lowest BCUT2D eigenvalue weighted by Crippen LogP contribution is -2.16. The summed E-state index contributed by atoms with van der Waals surface area (Å²) in [4.78, 5) is 11.1. The Labute approximate surface area is 72.6 Å². The molecule has 1 amide bonds. The van der Waals surface area contributed by atoms with Crippen molar-refractivity contribution >= 4 is 5.91 Å². The van der Waals surface area contributed by atoms with Crippen LogP contribution in [-0.4, -0.2) is 21.7 Å². The largest absolute Gasteiger partial charge is 0.285 e. The summed E-state index contributed by atoms with van der Waals surface area (Å²) in [7, 11) is 0. The van der Waals surface area contributed by atoms with Gasteiger partial charge in [0.15, 0.2) is 5.54 Å². The van der Waals surface area contributed by atoms with Gasteiger partial charge in [0.05, 0.1) is 0 Å². The molecule has 0 spiro atoms. The number of nitrogens with zero attached hydrogens (tertiary/aromatic N) is 1. The Balaban J connectivity index is 2.51. The summed E-state index contributed by atoms with van der Waals surface area (Å²) in [6.07, 6.45) is 4.99. The van der Waals surface area contributed by atoms with Crippen LogP contribution in [0.3, 0.4) is 0 Å². The van der Waals surface area contributed by atoms with Gasteiger partial charge in [-0.25, -0.2) is 5.06 Å². The molecule has 0 aromatic carbocycles. The van der Waals surface area contributed by atoms with Gasteiger partial charge >= 0.3 is 0 Å². The van der Waals surface area contributed by atoms with E-state index in [1.54, 1.807) is 6.08 Å². The Morgan fingerprint density at radius 1 is 1.75 bits per heavy atom. The Morgan fingerprint density at radius 2 is 2.33 bits per heavy atom. The van der Waals surface area contributed by atoms with Crippen molar-refractivity contribution in [1.29, 1.82) is 0 Å². The van der Waals surface area contributed by atoms with Gasteiger partial charge in [0.25, 0.3) is 5.91 Å². The molecule has 1 aliphatic rings. The van der Waals surface area contributed by atoms with Crippen LogP contribution >= 0.6 is 0 Å². The molecule has 1 saturated heterocycles. The molecule has 1 unspecified atom stereocenters. The lowest BCUT2D eigenvalue weighted by molar-refractivity contribution is -0.124. The molecular weight excluding hydrogens is 154 g/mol. The van der Waals surface area contributed by atoms with Gasteiger partial charge in [-0.1, -0.05) is 25.8 Å². The third kappa shape index (κ3) is 1.25. The minimum Gasteiger partial charge on any atom is -0.285 e. The van der Waals surface area contributed by atoms with Gasteiger partial charge in [-0.2, -0.15) is 0 Å². The highest BCUT2D eigenvalue weighted by Crippen LogP contribution is 2.40. The van der Waals surface area contributed by atoms with E-state index < -0.39 is 5.54 Å². The molecule has 0 aliphatic carbocycles. The first-order valence-corrected chi connectivity index (χ1v) is 4.33. The second kappa shape index (κ2) is 3.27. The molecule has 1 fully saturated rings. The molecule has 0 aromatic heterocycles. The van der Waals surface area contributed by atoms with Crippen LogP contribution < -0.4 is 0 Å². The standard InChI is InChI=1S/C9H15NO2/c1-3-5-7-9(6-4-2)8(11)10(9)12/h4,12H,2-3,5-7H2,1H3. The van der Waals surface area contributed by atoms with E-state index in [4.69, 9.17) is 5.21 Å². The summed E-state index contributed by atoms with van der Waals surface area (Å²) in [6.45, 7) is 5.64. The molecule has 12 heavy (non-hydrogen) atoms. The molecule has 1 heterocycles. The number of hydroxylamine groups is 2. The van der Waals surface area contributed by atoms with Crippen molar-refractivity contribution in [3.63, 3.8) is 0 Å².